The lowest BCUT2D eigenvalue weighted by atomic mass is 9.88. The Balaban J connectivity index is 1.38. The molecule has 2 aromatic carbocycles. The van der Waals surface area contributed by atoms with E-state index in [1.807, 2.05) is 12.1 Å². The van der Waals surface area contributed by atoms with Gasteiger partial charge in [0.2, 0.25) is 11.8 Å². The summed E-state index contributed by atoms with van der Waals surface area (Å²) in [5.74, 6) is 1.89. The molecule has 2 aromatic rings. The Labute approximate surface area is 170 Å². The summed E-state index contributed by atoms with van der Waals surface area (Å²) in [7, 11) is 0. The lowest BCUT2D eigenvalue weighted by molar-refractivity contribution is -0.138. The van der Waals surface area contributed by atoms with Crippen LogP contribution in [0.4, 0.5) is 0 Å². The second-order valence-corrected chi connectivity index (χ2v) is 8.55. The third-order valence-corrected chi connectivity index (χ3v) is 6.54. The van der Waals surface area contributed by atoms with E-state index >= 15 is 0 Å². The van der Waals surface area contributed by atoms with Crippen molar-refractivity contribution in [2.45, 2.75) is 31.2 Å². The van der Waals surface area contributed by atoms with Crippen LogP contribution < -0.4 is 5.32 Å². The molecule has 2 aliphatic rings. The third-order valence-electron chi connectivity index (χ3n) is 5.53. The van der Waals surface area contributed by atoms with Crippen LogP contribution in [0, 0.1) is 5.92 Å². The fourth-order valence-electron chi connectivity index (χ4n) is 3.80. The van der Waals surface area contributed by atoms with Crippen molar-refractivity contribution < 1.29 is 9.59 Å². The normalized spacial score (nSPS) is 19.0. The van der Waals surface area contributed by atoms with E-state index in [9.17, 15) is 9.59 Å². The molecule has 1 heterocycles. The molecule has 4 nitrogen and oxygen atoms in total. The van der Waals surface area contributed by atoms with E-state index in [1.165, 1.54) is 11.1 Å². The predicted octanol–water partition coefficient (Wildman–Crippen LogP) is 3.64. The van der Waals surface area contributed by atoms with Crippen molar-refractivity contribution in [2.75, 3.05) is 18.2 Å². The molecule has 1 aliphatic carbocycles. The van der Waals surface area contributed by atoms with E-state index in [2.05, 4.69) is 53.8 Å². The monoisotopic (exact) mass is 394 g/mol. The molecule has 1 aliphatic heterocycles. The topological polar surface area (TPSA) is 49.4 Å². The third kappa shape index (κ3) is 4.41. The van der Waals surface area contributed by atoms with Crippen LogP contribution in [0.5, 0.6) is 0 Å². The second kappa shape index (κ2) is 8.82. The van der Waals surface area contributed by atoms with Crippen molar-refractivity contribution in [1.29, 1.82) is 0 Å². The number of hydrogen-bond acceptors (Lipinski definition) is 3. The molecule has 1 N–H and O–H groups in total. The highest BCUT2D eigenvalue weighted by atomic mass is 32.2. The van der Waals surface area contributed by atoms with Crippen molar-refractivity contribution in [3.05, 3.63) is 71.8 Å². The number of rotatable bonds is 7. The average Bonchev–Trinajstić information content (AvgIpc) is 3.48. The summed E-state index contributed by atoms with van der Waals surface area (Å²) < 4.78 is 0. The molecule has 4 rings (SSSR count). The van der Waals surface area contributed by atoms with Crippen LogP contribution in [0.15, 0.2) is 60.7 Å². The first-order valence-corrected chi connectivity index (χ1v) is 11.2. The molecular weight excluding hydrogens is 368 g/mol. The van der Waals surface area contributed by atoms with E-state index < -0.39 is 0 Å². The lowest BCUT2D eigenvalue weighted by Crippen LogP contribution is -2.48. The maximum absolute atomic E-state index is 12.7. The Morgan fingerprint density at radius 3 is 2.18 bits per heavy atom. The minimum Gasteiger partial charge on any atom is -0.354 e. The summed E-state index contributed by atoms with van der Waals surface area (Å²) in [4.78, 5) is 26.9. The van der Waals surface area contributed by atoms with Gasteiger partial charge in [0.05, 0.1) is 5.88 Å². The molecule has 0 radical (unpaired) electrons. The quantitative estimate of drug-likeness (QED) is 0.780. The molecule has 5 heteroatoms. The Bertz CT molecular complexity index is 768. The van der Waals surface area contributed by atoms with Gasteiger partial charge in [0.25, 0.3) is 0 Å². The van der Waals surface area contributed by atoms with Gasteiger partial charge >= 0.3 is 0 Å². The van der Waals surface area contributed by atoms with E-state index in [1.54, 1.807) is 16.7 Å². The zero-order valence-corrected chi connectivity index (χ0v) is 16.7. The van der Waals surface area contributed by atoms with Gasteiger partial charge in [-0.3, -0.25) is 9.59 Å². The van der Waals surface area contributed by atoms with Crippen LogP contribution in [-0.2, 0) is 9.59 Å². The first kappa shape index (κ1) is 19.1. The summed E-state index contributed by atoms with van der Waals surface area (Å²) >= 11 is 1.67. The minimum absolute atomic E-state index is 0.0149. The first-order chi connectivity index (χ1) is 13.7. The van der Waals surface area contributed by atoms with Crippen LogP contribution in [0.1, 0.15) is 36.3 Å². The smallest absolute Gasteiger partial charge is 0.243 e. The Kier molecular flexibility index (Phi) is 6.01. The van der Waals surface area contributed by atoms with Gasteiger partial charge in [-0.15, -0.1) is 11.8 Å². The highest BCUT2D eigenvalue weighted by Gasteiger charge is 2.41. The van der Waals surface area contributed by atoms with Gasteiger partial charge in [-0.2, -0.15) is 0 Å². The predicted molar refractivity (Wildman–Crippen MR) is 113 cm³/mol. The standard InChI is InChI=1S/C23H26N2O2S/c26-22(21-15-28-16-25(21)23(27)19-11-12-19)24-14-13-20(17-7-3-1-4-8-17)18-9-5-2-6-10-18/h1-10,19-21H,11-16H2,(H,24,26). The molecular formula is C23H26N2O2S. The average molecular weight is 395 g/mol. The van der Waals surface area contributed by atoms with E-state index in [4.69, 9.17) is 0 Å². The molecule has 1 unspecified atom stereocenters. The summed E-state index contributed by atoms with van der Waals surface area (Å²) in [6, 6.07) is 20.5. The van der Waals surface area contributed by atoms with Crippen LogP contribution in [-0.4, -0.2) is 40.9 Å². The highest BCUT2D eigenvalue weighted by molar-refractivity contribution is 7.99. The zero-order chi connectivity index (χ0) is 19.3. The van der Waals surface area contributed by atoms with Crippen molar-refractivity contribution in [1.82, 2.24) is 10.2 Å². The van der Waals surface area contributed by atoms with Crippen molar-refractivity contribution in [3.8, 4) is 0 Å². The van der Waals surface area contributed by atoms with Gasteiger partial charge < -0.3 is 10.2 Å². The Hall–Kier alpha value is -2.27. The Morgan fingerprint density at radius 1 is 1.00 bits per heavy atom. The molecule has 0 aromatic heterocycles. The van der Waals surface area contributed by atoms with Gasteiger partial charge in [-0.1, -0.05) is 60.7 Å². The fourth-order valence-corrected chi connectivity index (χ4v) is 4.96. The maximum Gasteiger partial charge on any atom is 0.243 e. The molecule has 28 heavy (non-hydrogen) atoms. The molecule has 1 atom stereocenters. The fraction of sp³-hybridized carbons (Fsp3) is 0.391. The zero-order valence-electron chi connectivity index (χ0n) is 15.9. The number of nitrogens with one attached hydrogen (secondary N) is 1. The number of nitrogens with zero attached hydrogens (tertiary/aromatic N) is 1. The van der Waals surface area contributed by atoms with Crippen LogP contribution in [0.25, 0.3) is 0 Å². The van der Waals surface area contributed by atoms with E-state index in [-0.39, 0.29) is 29.7 Å². The molecule has 2 amide bonds. The lowest BCUT2D eigenvalue weighted by Gasteiger charge is -2.24. The van der Waals surface area contributed by atoms with Gasteiger partial charge in [-0.25, -0.2) is 0 Å². The summed E-state index contributed by atoms with van der Waals surface area (Å²) in [5, 5.41) is 3.09. The molecule has 0 spiro atoms. The number of thioether (sulfide) groups is 1. The van der Waals surface area contributed by atoms with Gasteiger partial charge in [0, 0.05) is 24.1 Å². The molecule has 146 valence electrons. The van der Waals surface area contributed by atoms with Crippen LogP contribution in [0.2, 0.25) is 0 Å². The van der Waals surface area contributed by atoms with Crippen molar-refractivity contribution in [2.24, 2.45) is 5.92 Å². The van der Waals surface area contributed by atoms with E-state index in [0.717, 1.165) is 19.3 Å². The second-order valence-electron chi connectivity index (χ2n) is 7.55. The van der Waals surface area contributed by atoms with E-state index in [0.29, 0.717) is 18.2 Å². The summed E-state index contributed by atoms with van der Waals surface area (Å²) in [5.41, 5.74) is 2.51. The maximum atomic E-state index is 12.7. The first-order valence-electron chi connectivity index (χ1n) is 10.00. The molecule has 2 fully saturated rings. The number of hydrogen-bond donors (Lipinski definition) is 1. The van der Waals surface area contributed by atoms with Crippen molar-refractivity contribution in [3.63, 3.8) is 0 Å². The van der Waals surface area contributed by atoms with Gasteiger partial charge in [0.1, 0.15) is 6.04 Å². The minimum atomic E-state index is -0.315. The molecule has 1 saturated carbocycles. The number of carbonyl (C=O) groups is 2. The largest absolute Gasteiger partial charge is 0.354 e. The number of amides is 2. The van der Waals surface area contributed by atoms with Gasteiger partial charge in [0.15, 0.2) is 0 Å². The number of carbonyl (C=O) groups excluding carboxylic acids is 2. The summed E-state index contributed by atoms with van der Waals surface area (Å²) in [6.45, 7) is 0.597. The SMILES string of the molecule is O=C(NCCC(c1ccccc1)c1ccccc1)C1CSCN1C(=O)C1CC1. The molecule has 1 saturated heterocycles. The number of benzene rings is 2. The van der Waals surface area contributed by atoms with Crippen LogP contribution >= 0.6 is 11.8 Å². The van der Waals surface area contributed by atoms with Crippen molar-refractivity contribution >= 4 is 23.6 Å². The summed E-state index contributed by atoms with van der Waals surface area (Å²) in [6.07, 6.45) is 2.78. The Morgan fingerprint density at radius 2 is 1.61 bits per heavy atom. The molecule has 0 bridgehead atoms. The highest BCUT2D eigenvalue weighted by Crippen LogP contribution is 2.34. The van der Waals surface area contributed by atoms with Crippen LogP contribution in [0.3, 0.4) is 0 Å². The van der Waals surface area contributed by atoms with Gasteiger partial charge in [-0.05, 0) is 30.4 Å².